The molecule has 0 N–H and O–H groups in total. The van der Waals surface area contributed by atoms with Crippen molar-refractivity contribution in [3.05, 3.63) is 0 Å². The maximum atomic E-state index is 2.42. The summed E-state index contributed by atoms with van der Waals surface area (Å²) in [5.41, 5.74) is 0. The van der Waals surface area contributed by atoms with Crippen LogP contribution in [0.3, 0.4) is 0 Å². The third kappa shape index (κ3) is 2.74. The molecule has 1 aliphatic rings. The Hall–Kier alpha value is 0.440. The summed E-state index contributed by atoms with van der Waals surface area (Å²) >= 11 is 0. The molecule has 12 heavy (non-hydrogen) atoms. The molecule has 74 valence electrons. The second kappa shape index (κ2) is 5.23. The molecule has 2 unspecified atom stereocenters. The number of likely N-dealkylation sites (tertiary alicyclic amines) is 1. The Bertz CT molecular complexity index is 127. The zero-order valence-electron chi connectivity index (χ0n) is 8.65. The summed E-state index contributed by atoms with van der Waals surface area (Å²) < 4.78 is 1.34. The summed E-state index contributed by atoms with van der Waals surface area (Å²) in [6.45, 7) is 7.51. The quantitative estimate of drug-likeness (QED) is 0.575. The van der Waals surface area contributed by atoms with E-state index in [1.807, 2.05) is 0 Å². The van der Waals surface area contributed by atoms with Crippen LogP contribution >= 0.6 is 0 Å². The Labute approximate surface area is 87.5 Å². The monoisotopic (exact) mass is 235 g/mol. The zero-order chi connectivity index (χ0) is 8.32. The van der Waals surface area contributed by atoms with Crippen LogP contribution in [0.2, 0.25) is 0 Å². The molecule has 1 saturated heterocycles. The van der Waals surface area contributed by atoms with E-state index in [2.05, 4.69) is 20.9 Å². The van der Waals surface area contributed by atoms with Gasteiger partial charge >= 0.3 is 0 Å². The maximum Gasteiger partial charge on any atom is 0.0861 e. The molecule has 1 rings (SSSR count). The molecule has 2 atom stereocenters. The number of quaternary nitrogens is 1. The van der Waals surface area contributed by atoms with Gasteiger partial charge in [-0.15, -0.1) is 0 Å². The Balaban J connectivity index is 0.00000121. The van der Waals surface area contributed by atoms with Crippen LogP contribution in [0.25, 0.3) is 0 Å². The van der Waals surface area contributed by atoms with Crippen LogP contribution in [0.15, 0.2) is 0 Å². The fraction of sp³-hybridized carbons (Fsp3) is 1.00. The van der Waals surface area contributed by atoms with Gasteiger partial charge in [-0.2, -0.15) is 0 Å². The van der Waals surface area contributed by atoms with Crippen LogP contribution in [0.4, 0.5) is 0 Å². The summed E-state index contributed by atoms with van der Waals surface area (Å²) in [6, 6.07) is 0.918. The van der Waals surface area contributed by atoms with Gasteiger partial charge in [-0.05, 0) is 13.3 Å². The first-order valence-corrected chi connectivity index (χ1v) is 5.03. The molecule has 0 spiro atoms. The highest BCUT2D eigenvalue weighted by atomic mass is 79.9. The number of hydrogen-bond donors (Lipinski definition) is 0. The van der Waals surface area contributed by atoms with E-state index in [4.69, 9.17) is 0 Å². The van der Waals surface area contributed by atoms with Gasteiger partial charge in [0.1, 0.15) is 0 Å². The van der Waals surface area contributed by atoms with Crippen molar-refractivity contribution in [2.75, 3.05) is 20.1 Å². The molecule has 0 bridgehead atoms. The van der Waals surface area contributed by atoms with Crippen molar-refractivity contribution in [1.29, 1.82) is 0 Å². The number of nitrogens with zero attached hydrogens (tertiary/aromatic N) is 1. The Morgan fingerprint density at radius 3 is 2.50 bits per heavy atom. The summed E-state index contributed by atoms with van der Waals surface area (Å²) in [5.74, 6) is 0. The first-order valence-electron chi connectivity index (χ1n) is 5.03. The molecule has 0 radical (unpaired) electrons. The first-order chi connectivity index (χ1) is 5.19. The van der Waals surface area contributed by atoms with Crippen molar-refractivity contribution in [2.45, 2.75) is 45.6 Å². The molecule has 0 aromatic carbocycles. The molecule has 1 heterocycles. The Morgan fingerprint density at radius 1 is 1.42 bits per heavy atom. The van der Waals surface area contributed by atoms with Crippen molar-refractivity contribution in [3.63, 3.8) is 0 Å². The molecule has 2 heteroatoms. The normalized spacial score (nSPS) is 34.8. The lowest BCUT2D eigenvalue weighted by atomic mass is 10.2. The van der Waals surface area contributed by atoms with E-state index in [0.29, 0.717) is 0 Å². The van der Waals surface area contributed by atoms with Crippen LogP contribution in [0.1, 0.15) is 39.5 Å². The van der Waals surface area contributed by atoms with E-state index in [1.165, 1.54) is 43.3 Å². The summed E-state index contributed by atoms with van der Waals surface area (Å²) in [7, 11) is 2.42. The van der Waals surface area contributed by atoms with Crippen LogP contribution in [0.5, 0.6) is 0 Å². The maximum absolute atomic E-state index is 2.42. The van der Waals surface area contributed by atoms with E-state index in [1.54, 1.807) is 0 Å². The minimum atomic E-state index is 0. The minimum Gasteiger partial charge on any atom is -1.00 e. The fourth-order valence-corrected chi connectivity index (χ4v) is 2.13. The lowest BCUT2D eigenvalue weighted by Gasteiger charge is -2.34. The van der Waals surface area contributed by atoms with Crippen molar-refractivity contribution in [3.8, 4) is 0 Å². The highest BCUT2D eigenvalue weighted by Crippen LogP contribution is 2.24. The molecule has 1 aliphatic heterocycles. The van der Waals surface area contributed by atoms with Crippen LogP contribution < -0.4 is 17.0 Å². The lowest BCUT2D eigenvalue weighted by Crippen LogP contribution is -3.00. The number of halogens is 1. The fourth-order valence-electron chi connectivity index (χ4n) is 2.13. The van der Waals surface area contributed by atoms with Crippen molar-refractivity contribution < 1.29 is 21.5 Å². The van der Waals surface area contributed by atoms with Gasteiger partial charge in [-0.3, -0.25) is 0 Å². The molecule has 1 nitrogen and oxygen atoms in total. The summed E-state index contributed by atoms with van der Waals surface area (Å²) in [6.07, 6.45) is 5.64. The van der Waals surface area contributed by atoms with Crippen LogP contribution in [0, 0.1) is 0 Å². The molecule has 0 amide bonds. The van der Waals surface area contributed by atoms with E-state index in [9.17, 15) is 0 Å². The SMILES string of the molecule is CCCC[N+]1(C)CCCC1C.[Br-]. The molecular weight excluding hydrogens is 214 g/mol. The standard InChI is InChI=1S/C10H22N.BrH/c1-4-5-8-11(3)9-6-7-10(11)2;/h10H,4-9H2,1-3H3;1H/q+1;/p-1. The summed E-state index contributed by atoms with van der Waals surface area (Å²) in [5, 5.41) is 0. The largest absolute Gasteiger partial charge is 1.00 e. The van der Waals surface area contributed by atoms with Crippen molar-refractivity contribution in [1.82, 2.24) is 0 Å². The number of rotatable bonds is 3. The highest BCUT2D eigenvalue weighted by Gasteiger charge is 2.33. The average molecular weight is 236 g/mol. The molecule has 0 aromatic rings. The number of hydrogen-bond acceptors (Lipinski definition) is 0. The highest BCUT2D eigenvalue weighted by molar-refractivity contribution is 4.61. The van der Waals surface area contributed by atoms with Crippen LogP contribution in [-0.2, 0) is 0 Å². The number of unbranched alkanes of at least 4 members (excludes halogenated alkanes) is 1. The average Bonchev–Trinajstić information content (AvgIpc) is 2.30. The van der Waals surface area contributed by atoms with Gasteiger partial charge in [0.2, 0.25) is 0 Å². The Kier molecular flexibility index (Phi) is 5.42. The van der Waals surface area contributed by atoms with Gasteiger partial charge in [0.05, 0.1) is 26.2 Å². The second-order valence-corrected chi connectivity index (χ2v) is 4.27. The van der Waals surface area contributed by atoms with Gasteiger partial charge in [0.15, 0.2) is 0 Å². The summed E-state index contributed by atoms with van der Waals surface area (Å²) in [4.78, 5) is 0. The van der Waals surface area contributed by atoms with E-state index >= 15 is 0 Å². The molecular formula is C10H22BrN. The van der Waals surface area contributed by atoms with E-state index in [-0.39, 0.29) is 17.0 Å². The van der Waals surface area contributed by atoms with Gasteiger partial charge in [0, 0.05) is 12.8 Å². The van der Waals surface area contributed by atoms with Crippen molar-refractivity contribution in [2.24, 2.45) is 0 Å². The molecule has 0 aromatic heterocycles. The topological polar surface area (TPSA) is 0 Å². The predicted octanol–water partition coefficient (Wildman–Crippen LogP) is -0.581. The van der Waals surface area contributed by atoms with E-state index < -0.39 is 0 Å². The zero-order valence-corrected chi connectivity index (χ0v) is 10.2. The smallest absolute Gasteiger partial charge is 0.0861 e. The van der Waals surface area contributed by atoms with Gasteiger partial charge in [-0.1, -0.05) is 13.3 Å². The first kappa shape index (κ1) is 12.4. The Morgan fingerprint density at radius 2 is 2.08 bits per heavy atom. The molecule has 0 aliphatic carbocycles. The third-order valence-corrected chi connectivity index (χ3v) is 3.38. The molecule has 1 fully saturated rings. The van der Waals surface area contributed by atoms with Gasteiger partial charge in [-0.25, -0.2) is 0 Å². The van der Waals surface area contributed by atoms with E-state index in [0.717, 1.165) is 6.04 Å². The van der Waals surface area contributed by atoms with Gasteiger partial charge < -0.3 is 21.5 Å². The van der Waals surface area contributed by atoms with Crippen molar-refractivity contribution >= 4 is 0 Å². The third-order valence-electron chi connectivity index (χ3n) is 3.38. The lowest BCUT2D eigenvalue weighted by molar-refractivity contribution is -0.919. The minimum absolute atomic E-state index is 0. The predicted molar refractivity (Wildman–Crippen MR) is 49.5 cm³/mol. The molecule has 0 saturated carbocycles. The second-order valence-electron chi connectivity index (χ2n) is 4.27. The van der Waals surface area contributed by atoms with Gasteiger partial charge in [0.25, 0.3) is 0 Å². The van der Waals surface area contributed by atoms with Crippen LogP contribution in [-0.4, -0.2) is 30.7 Å².